The Hall–Kier alpha value is -1.88. The number of nitrogens with one attached hydrogen (secondary N) is 1. The third kappa shape index (κ3) is 3.81. The van der Waals surface area contributed by atoms with Crippen molar-refractivity contribution in [3.63, 3.8) is 0 Å². The van der Waals surface area contributed by atoms with E-state index in [1.54, 1.807) is 0 Å². The lowest BCUT2D eigenvalue weighted by atomic mass is 10.1. The molecular formula is C15H19NO4. The highest BCUT2D eigenvalue weighted by molar-refractivity contribution is 5.87. The SMILES string of the molecule is COC(=O)[C@H](Cc1ccccc1)NC(=O)[C@H]1CCCO1. The van der Waals surface area contributed by atoms with Crippen LogP contribution in [0.2, 0.25) is 0 Å². The Morgan fingerprint density at radius 1 is 1.40 bits per heavy atom. The van der Waals surface area contributed by atoms with Gasteiger partial charge in [-0.25, -0.2) is 4.79 Å². The maximum atomic E-state index is 12.0. The van der Waals surface area contributed by atoms with Gasteiger partial charge < -0.3 is 14.8 Å². The predicted octanol–water partition coefficient (Wildman–Crippen LogP) is 1.07. The maximum absolute atomic E-state index is 12.0. The molecule has 108 valence electrons. The summed E-state index contributed by atoms with van der Waals surface area (Å²) in [6.07, 6.45) is 1.54. The van der Waals surface area contributed by atoms with Crippen molar-refractivity contribution in [1.29, 1.82) is 0 Å². The topological polar surface area (TPSA) is 64.6 Å². The molecule has 1 aromatic rings. The minimum absolute atomic E-state index is 0.242. The van der Waals surface area contributed by atoms with Crippen LogP contribution in [0.1, 0.15) is 18.4 Å². The summed E-state index contributed by atoms with van der Waals surface area (Å²) in [4.78, 5) is 23.8. The van der Waals surface area contributed by atoms with Gasteiger partial charge in [-0.2, -0.15) is 0 Å². The monoisotopic (exact) mass is 277 g/mol. The van der Waals surface area contributed by atoms with E-state index in [9.17, 15) is 9.59 Å². The molecule has 0 radical (unpaired) electrons. The Bertz CT molecular complexity index is 454. The fourth-order valence-electron chi connectivity index (χ4n) is 2.23. The lowest BCUT2D eigenvalue weighted by Gasteiger charge is -2.18. The summed E-state index contributed by atoms with van der Waals surface area (Å²) in [5.41, 5.74) is 0.968. The number of rotatable bonds is 5. The Morgan fingerprint density at radius 2 is 2.15 bits per heavy atom. The van der Waals surface area contributed by atoms with Gasteiger partial charge in [0.05, 0.1) is 7.11 Å². The molecule has 0 bridgehead atoms. The number of carbonyl (C=O) groups excluding carboxylic acids is 2. The molecule has 1 amide bonds. The zero-order valence-electron chi connectivity index (χ0n) is 11.5. The van der Waals surface area contributed by atoms with Crippen molar-refractivity contribution in [3.05, 3.63) is 35.9 Å². The van der Waals surface area contributed by atoms with E-state index in [4.69, 9.17) is 9.47 Å². The number of amides is 1. The highest BCUT2D eigenvalue weighted by Crippen LogP contribution is 2.13. The second-order valence-electron chi connectivity index (χ2n) is 4.78. The summed E-state index contributed by atoms with van der Waals surface area (Å²) < 4.78 is 10.1. The third-order valence-corrected chi connectivity index (χ3v) is 3.31. The molecule has 2 rings (SSSR count). The zero-order chi connectivity index (χ0) is 14.4. The van der Waals surface area contributed by atoms with Crippen LogP contribution in [-0.2, 0) is 25.5 Å². The molecule has 5 nitrogen and oxygen atoms in total. The molecule has 0 unspecified atom stereocenters. The van der Waals surface area contributed by atoms with E-state index in [1.165, 1.54) is 7.11 Å². The van der Waals surface area contributed by atoms with Crippen LogP contribution in [0.25, 0.3) is 0 Å². The molecule has 0 spiro atoms. The highest BCUT2D eigenvalue weighted by atomic mass is 16.5. The summed E-state index contributed by atoms with van der Waals surface area (Å²) in [5.74, 6) is -0.686. The first kappa shape index (κ1) is 14.5. The van der Waals surface area contributed by atoms with Crippen LogP contribution in [-0.4, -0.2) is 37.7 Å². The molecule has 0 saturated carbocycles. The standard InChI is InChI=1S/C15H19NO4/c1-19-15(18)12(10-11-6-3-2-4-7-11)16-14(17)13-8-5-9-20-13/h2-4,6-7,12-13H,5,8-10H2,1H3,(H,16,17)/t12-,13+/m0/s1. The largest absolute Gasteiger partial charge is 0.467 e. The molecule has 20 heavy (non-hydrogen) atoms. The molecule has 1 fully saturated rings. The summed E-state index contributed by atoms with van der Waals surface area (Å²) >= 11 is 0. The van der Waals surface area contributed by atoms with Gasteiger partial charge in [0.15, 0.2) is 0 Å². The van der Waals surface area contributed by atoms with Gasteiger partial charge in [-0.3, -0.25) is 4.79 Å². The maximum Gasteiger partial charge on any atom is 0.328 e. The van der Waals surface area contributed by atoms with E-state index in [0.29, 0.717) is 19.4 Å². The number of hydrogen-bond acceptors (Lipinski definition) is 4. The Morgan fingerprint density at radius 3 is 2.75 bits per heavy atom. The normalized spacial score (nSPS) is 19.4. The molecule has 1 aliphatic rings. The smallest absolute Gasteiger partial charge is 0.328 e. The zero-order valence-corrected chi connectivity index (χ0v) is 11.5. The van der Waals surface area contributed by atoms with Crippen molar-refractivity contribution in [2.24, 2.45) is 0 Å². The van der Waals surface area contributed by atoms with Crippen LogP contribution in [0.15, 0.2) is 30.3 Å². The second kappa shape index (κ2) is 7.05. The summed E-state index contributed by atoms with van der Waals surface area (Å²) in [7, 11) is 1.32. The van der Waals surface area contributed by atoms with Crippen LogP contribution in [0.5, 0.6) is 0 Å². The molecular weight excluding hydrogens is 258 g/mol. The first-order valence-corrected chi connectivity index (χ1v) is 6.74. The van der Waals surface area contributed by atoms with Gasteiger partial charge in [-0.15, -0.1) is 0 Å². The van der Waals surface area contributed by atoms with Gasteiger partial charge in [0.25, 0.3) is 0 Å². The predicted molar refractivity (Wildman–Crippen MR) is 73.1 cm³/mol. The number of hydrogen-bond donors (Lipinski definition) is 1. The van der Waals surface area contributed by atoms with Crippen molar-refractivity contribution in [1.82, 2.24) is 5.32 Å². The molecule has 1 N–H and O–H groups in total. The van der Waals surface area contributed by atoms with Crippen LogP contribution >= 0.6 is 0 Å². The first-order valence-electron chi connectivity index (χ1n) is 6.74. The van der Waals surface area contributed by atoms with E-state index >= 15 is 0 Å². The summed E-state index contributed by atoms with van der Waals surface area (Å²) in [5, 5.41) is 2.72. The van der Waals surface area contributed by atoms with Gasteiger partial charge in [0.2, 0.25) is 5.91 Å². The van der Waals surface area contributed by atoms with E-state index in [1.807, 2.05) is 30.3 Å². The number of methoxy groups -OCH3 is 1. The first-order chi connectivity index (χ1) is 9.70. The molecule has 0 aliphatic carbocycles. The third-order valence-electron chi connectivity index (χ3n) is 3.31. The number of carbonyl (C=O) groups is 2. The number of esters is 1. The summed E-state index contributed by atoms with van der Waals surface area (Å²) in [6, 6.07) is 8.83. The molecule has 5 heteroatoms. The van der Waals surface area contributed by atoms with E-state index < -0.39 is 18.1 Å². The molecule has 0 aromatic heterocycles. The van der Waals surface area contributed by atoms with Crippen molar-refractivity contribution in [2.75, 3.05) is 13.7 Å². The van der Waals surface area contributed by atoms with Gasteiger partial charge >= 0.3 is 5.97 Å². The number of benzene rings is 1. The van der Waals surface area contributed by atoms with Crippen molar-refractivity contribution >= 4 is 11.9 Å². The molecule has 1 saturated heterocycles. The van der Waals surface area contributed by atoms with Crippen molar-refractivity contribution in [3.8, 4) is 0 Å². The minimum atomic E-state index is -0.681. The Kier molecular flexibility index (Phi) is 5.12. The Labute approximate surface area is 118 Å². The van der Waals surface area contributed by atoms with Crippen LogP contribution in [0, 0.1) is 0 Å². The van der Waals surface area contributed by atoms with Crippen LogP contribution < -0.4 is 5.32 Å². The molecule has 1 aliphatic heterocycles. The Balaban J connectivity index is 2.00. The fraction of sp³-hybridized carbons (Fsp3) is 0.467. The summed E-state index contributed by atoms with van der Waals surface area (Å²) in [6.45, 7) is 0.597. The average molecular weight is 277 g/mol. The van der Waals surface area contributed by atoms with Gasteiger partial charge in [0.1, 0.15) is 12.1 Å². The van der Waals surface area contributed by atoms with Crippen molar-refractivity contribution in [2.45, 2.75) is 31.4 Å². The lowest BCUT2D eigenvalue weighted by Crippen LogP contribution is -2.47. The minimum Gasteiger partial charge on any atom is -0.467 e. The lowest BCUT2D eigenvalue weighted by molar-refractivity contribution is -0.146. The van der Waals surface area contributed by atoms with E-state index in [-0.39, 0.29) is 5.91 Å². The number of ether oxygens (including phenoxy) is 2. The quantitative estimate of drug-likeness (QED) is 0.818. The van der Waals surface area contributed by atoms with E-state index in [0.717, 1.165) is 12.0 Å². The van der Waals surface area contributed by atoms with Crippen LogP contribution in [0.4, 0.5) is 0 Å². The van der Waals surface area contributed by atoms with Gasteiger partial charge in [-0.1, -0.05) is 30.3 Å². The molecule has 1 heterocycles. The average Bonchev–Trinajstić information content (AvgIpc) is 3.01. The van der Waals surface area contributed by atoms with Crippen LogP contribution in [0.3, 0.4) is 0 Å². The fourth-order valence-corrected chi connectivity index (χ4v) is 2.23. The van der Waals surface area contributed by atoms with Gasteiger partial charge in [0, 0.05) is 13.0 Å². The molecule has 2 atom stereocenters. The molecule has 1 aromatic carbocycles. The van der Waals surface area contributed by atoms with Crippen molar-refractivity contribution < 1.29 is 19.1 Å². The highest BCUT2D eigenvalue weighted by Gasteiger charge is 2.28. The second-order valence-corrected chi connectivity index (χ2v) is 4.78. The van der Waals surface area contributed by atoms with E-state index in [2.05, 4.69) is 5.32 Å². The van der Waals surface area contributed by atoms with Gasteiger partial charge in [-0.05, 0) is 18.4 Å².